The van der Waals surface area contributed by atoms with Gasteiger partial charge in [-0.25, -0.2) is 0 Å². The highest BCUT2D eigenvalue weighted by Crippen LogP contribution is 2.27. The number of rotatable bonds is 1. The molecule has 0 radical (unpaired) electrons. The fourth-order valence-corrected chi connectivity index (χ4v) is 1.58. The second-order valence-electron chi connectivity index (χ2n) is 3.39. The van der Waals surface area contributed by atoms with Gasteiger partial charge >= 0.3 is 0 Å². The molecule has 0 amide bonds. The molecule has 5 N–H and O–H groups in total. The number of nitrogens with one attached hydrogen (secondary N) is 1. The molecule has 1 aliphatic rings. The highest BCUT2D eigenvalue weighted by atomic mass is 16.3. The third-order valence-corrected chi connectivity index (χ3v) is 2.55. The Balaban J connectivity index is 2.64. The largest absolute Gasteiger partial charge is 0.390 e. The van der Waals surface area contributed by atoms with E-state index in [1.165, 1.54) is 0 Å². The summed E-state index contributed by atoms with van der Waals surface area (Å²) in [6.45, 7) is 1.61. The molecule has 11 heavy (non-hydrogen) atoms. The standard InChI is InChI=1S/C7H16N2O2/c1-7(11)5(9-8)3-2-4-6(7)10/h5-6,9-11H,2-4,8H2,1H3. The fourth-order valence-electron chi connectivity index (χ4n) is 1.58. The van der Waals surface area contributed by atoms with Gasteiger partial charge in [0.15, 0.2) is 0 Å². The van der Waals surface area contributed by atoms with E-state index in [4.69, 9.17) is 5.84 Å². The molecule has 0 aliphatic heterocycles. The van der Waals surface area contributed by atoms with Gasteiger partial charge in [0.05, 0.1) is 12.1 Å². The lowest BCUT2D eigenvalue weighted by Crippen LogP contribution is -2.60. The van der Waals surface area contributed by atoms with Crippen LogP contribution in [-0.4, -0.2) is 28.0 Å². The molecule has 0 aromatic carbocycles. The van der Waals surface area contributed by atoms with Crippen LogP contribution in [0.4, 0.5) is 0 Å². The van der Waals surface area contributed by atoms with Crippen molar-refractivity contribution in [3.63, 3.8) is 0 Å². The topological polar surface area (TPSA) is 78.5 Å². The van der Waals surface area contributed by atoms with Crippen molar-refractivity contribution in [1.82, 2.24) is 5.43 Å². The molecular weight excluding hydrogens is 144 g/mol. The Morgan fingerprint density at radius 3 is 2.64 bits per heavy atom. The Kier molecular flexibility index (Phi) is 2.49. The summed E-state index contributed by atoms with van der Waals surface area (Å²) in [5, 5.41) is 19.1. The van der Waals surface area contributed by atoms with Crippen LogP contribution in [-0.2, 0) is 0 Å². The average Bonchev–Trinajstić information content (AvgIpc) is 1.95. The summed E-state index contributed by atoms with van der Waals surface area (Å²) in [4.78, 5) is 0. The van der Waals surface area contributed by atoms with E-state index in [-0.39, 0.29) is 6.04 Å². The second-order valence-corrected chi connectivity index (χ2v) is 3.39. The molecule has 3 unspecified atom stereocenters. The molecule has 0 aromatic rings. The van der Waals surface area contributed by atoms with Crippen LogP contribution in [0.2, 0.25) is 0 Å². The maximum atomic E-state index is 9.71. The third-order valence-electron chi connectivity index (χ3n) is 2.55. The van der Waals surface area contributed by atoms with E-state index in [0.29, 0.717) is 6.42 Å². The van der Waals surface area contributed by atoms with E-state index in [0.717, 1.165) is 12.8 Å². The van der Waals surface area contributed by atoms with E-state index in [1.807, 2.05) is 0 Å². The molecule has 1 aliphatic carbocycles. The van der Waals surface area contributed by atoms with E-state index in [2.05, 4.69) is 5.43 Å². The highest BCUT2D eigenvalue weighted by molar-refractivity contribution is 4.96. The van der Waals surface area contributed by atoms with E-state index in [1.54, 1.807) is 6.92 Å². The number of hydrazine groups is 1. The zero-order valence-electron chi connectivity index (χ0n) is 6.75. The van der Waals surface area contributed by atoms with Gasteiger partial charge < -0.3 is 10.2 Å². The molecule has 3 atom stereocenters. The average molecular weight is 160 g/mol. The lowest BCUT2D eigenvalue weighted by atomic mass is 9.80. The van der Waals surface area contributed by atoms with E-state index in [9.17, 15) is 10.2 Å². The molecule has 1 saturated carbocycles. The van der Waals surface area contributed by atoms with Crippen molar-refractivity contribution in [2.75, 3.05) is 0 Å². The zero-order chi connectivity index (χ0) is 8.48. The molecule has 4 nitrogen and oxygen atoms in total. The predicted octanol–water partition coefficient (Wildman–Crippen LogP) is -0.886. The van der Waals surface area contributed by atoms with Crippen molar-refractivity contribution in [1.29, 1.82) is 0 Å². The molecule has 0 spiro atoms. The van der Waals surface area contributed by atoms with Gasteiger partial charge in [-0.05, 0) is 26.2 Å². The number of aliphatic hydroxyl groups excluding tert-OH is 1. The Bertz CT molecular complexity index is 138. The Morgan fingerprint density at radius 2 is 2.18 bits per heavy atom. The van der Waals surface area contributed by atoms with Crippen LogP contribution in [0.25, 0.3) is 0 Å². The number of hydrogen-bond acceptors (Lipinski definition) is 4. The molecule has 1 rings (SSSR count). The summed E-state index contributed by atoms with van der Waals surface area (Å²) in [6.07, 6.45) is 1.73. The van der Waals surface area contributed by atoms with Crippen molar-refractivity contribution in [2.45, 2.75) is 43.9 Å². The number of hydrogen-bond donors (Lipinski definition) is 4. The maximum Gasteiger partial charge on any atom is 0.104 e. The summed E-state index contributed by atoms with van der Waals surface area (Å²) in [5.41, 5.74) is 1.44. The summed E-state index contributed by atoms with van der Waals surface area (Å²) in [5.74, 6) is 5.22. The maximum absolute atomic E-state index is 9.71. The molecule has 0 bridgehead atoms. The first-order valence-electron chi connectivity index (χ1n) is 3.95. The molecule has 0 heterocycles. The molecule has 1 fully saturated rings. The van der Waals surface area contributed by atoms with Gasteiger partial charge in [-0.1, -0.05) is 0 Å². The van der Waals surface area contributed by atoms with Crippen molar-refractivity contribution < 1.29 is 10.2 Å². The highest BCUT2D eigenvalue weighted by Gasteiger charge is 2.40. The van der Waals surface area contributed by atoms with Crippen molar-refractivity contribution in [3.8, 4) is 0 Å². The molecule has 4 heteroatoms. The lowest BCUT2D eigenvalue weighted by molar-refractivity contribution is -0.107. The van der Waals surface area contributed by atoms with Crippen molar-refractivity contribution in [2.24, 2.45) is 5.84 Å². The number of aliphatic hydroxyl groups is 2. The predicted molar refractivity (Wildman–Crippen MR) is 41.6 cm³/mol. The summed E-state index contributed by atoms with van der Waals surface area (Å²) < 4.78 is 0. The van der Waals surface area contributed by atoms with E-state index < -0.39 is 11.7 Å². The minimum atomic E-state index is -1.08. The van der Waals surface area contributed by atoms with Crippen molar-refractivity contribution >= 4 is 0 Å². The monoisotopic (exact) mass is 160 g/mol. The van der Waals surface area contributed by atoms with Gasteiger partial charge in [-0.3, -0.25) is 11.3 Å². The smallest absolute Gasteiger partial charge is 0.104 e. The Morgan fingerprint density at radius 1 is 1.55 bits per heavy atom. The summed E-state index contributed by atoms with van der Waals surface area (Å²) in [6, 6.07) is -0.189. The summed E-state index contributed by atoms with van der Waals surface area (Å²) >= 11 is 0. The van der Waals surface area contributed by atoms with Gasteiger partial charge in [-0.2, -0.15) is 0 Å². The fraction of sp³-hybridized carbons (Fsp3) is 1.00. The molecular formula is C7H16N2O2. The van der Waals surface area contributed by atoms with Gasteiger partial charge in [-0.15, -0.1) is 0 Å². The summed E-state index contributed by atoms with van der Waals surface area (Å²) in [7, 11) is 0. The first-order chi connectivity index (χ1) is 5.09. The quantitative estimate of drug-likeness (QED) is 0.296. The van der Waals surface area contributed by atoms with Crippen LogP contribution in [0.5, 0.6) is 0 Å². The Hall–Kier alpha value is -0.160. The van der Waals surface area contributed by atoms with Gasteiger partial charge in [0, 0.05) is 0 Å². The normalized spacial score (nSPS) is 45.8. The first kappa shape index (κ1) is 8.93. The van der Waals surface area contributed by atoms with Gasteiger partial charge in [0.25, 0.3) is 0 Å². The lowest BCUT2D eigenvalue weighted by Gasteiger charge is -2.40. The Labute approximate surface area is 66.4 Å². The SMILES string of the molecule is CC1(O)C(O)CCCC1NN. The van der Waals surface area contributed by atoms with Gasteiger partial charge in [0.2, 0.25) is 0 Å². The van der Waals surface area contributed by atoms with Crippen LogP contribution in [0.15, 0.2) is 0 Å². The minimum Gasteiger partial charge on any atom is -0.390 e. The minimum absolute atomic E-state index is 0.189. The first-order valence-corrected chi connectivity index (χ1v) is 3.95. The number of nitrogens with two attached hydrogens (primary N) is 1. The van der Waals surface area contributed by atoms with Gasteiger partial charge in [0.1, 0.15) is 5.60 Å². The molecule has 0 saturated heterocycles. The van der Waals surface area contributed by atoms with E-state index >= 15 is 0 Å². The van der Waals surface area contributed by atoms with Crippen LogP contribution in [0, 0.1) is 0 Å². The molecule has 0 aromatic heterocycles. The van der Waals surface area contributed by atoms with Crippen LogP contribution in [0.3, 0.4) is 0 Å². The van der Waals surface area contributed by atoms with Crippen molar-refractivity contribution in [3.05, 3.63) is 0 Å². The third kappa shape index (κ3) is 1.54. The van der Waals surface area contributed by atoms with Crippen LogP contribution < -0.4 is 11.3 Å². The molecule has 66 valence electrons. The van der Waals surface area contributed by atoms with Crippen LogP contribution >= 0.6 is 0 Å². The second kappa shape index (κ2) is 3.06. The zero-order valence-corrected chi connectivity index (χ0v) is 6.75. The van der Waals surface area contributed by atoms with Crippen LogP contribution in [0.1, 0.15) is 26.2 Å².